The van der Waals surface area contributed by atoms with Crippen molar-refractivity contribution in [2.45, 2.75) is 0 Å². The molecule has 0 aliphatic heterocycles. The summed E-state index contributed by atoms with van der Waals surface area (Å²) >= 11 is 0. The summed E-state index contributed by atoms with van der Waals surface area (Å²) in [6.45, 7) is 0. The molecular weight excluding hydrogens is 295 g/mol. The summed E-state index contributed by atoms with van der Waals surface area (Å²) in [7, 11) is -3.19. The first-order chi connectivity index (χ1) is 17.1. The van der Waals surface area contributed by atoms with Gasteiger partial charge >= 0.3 is 8.60 Å². The van der Waals surface area contributed by atoms with Crippen LogP contribution in [0, 0.1) is 0 Å². The van der Waals surface area contributed by atoms with Crippen LogP contribution < -0.4 is 13.6 Å². The van der Waals surface area contributed by atoms with Gasteiger partial charge in [0.05, 0.1) is 20.6 Å². The van der Waals surface area contributed by atoms with Gasteiger partial charge in [0.25, 0.3) is 0 Å². The lowest BCUT2D eigenvalue weighted by Crippen LogP contribution is -2.02. The predicted molar refractivity (Wildman–Crippen MR) is 88.1 cm³/mol. The van der Waals surface area contributed by atoms with Crippen molar-refractivity contribution in [1.82, 2.24) is 0 Å². The maximum atomic E-state index is 8.03. The van der Waals surface area contributed by atoms with Crippen LogP contribution in [0.2, 0.25) is 0 Å². The molecular formula is C18H15O3P. The molecule has 0 heterocycles. The molecule has 3 rings (SSSR count). The zero-order valence-corrected chi connectivity index (χ0v) is 11.6. The van der Waals surface area contributed by atoms with E-state index in [1.807, 2.05) is 0 Å². The molecule has 0 radical (unpaired) electrons. The van der Waals surface area contributed by atoms with Crippen molar-refractivity contribution >= 4 is 8.60 Å². The Labute approximate surface area is 152 Å². The Balaban J connectivity index is 2.22. The molecule has 0 saturated heterocycles. The van der Waals surface area contributed by atoms with Crippen LogP contribution in [-0.4, -0.2) is 0 Å². The summed E-state index contributed by atoms with van der Waals surface area (Å²) in [4.78, 5) is 0. The number of benzene rings is 3. The quantitative estimate of drug-likeness (QED) is 0.564. The third kappa shape index (κ3) is 4.24. The Morgan fingerprint density at radius 2 is 0.773 bits per heavy atom. The second-order valence-electron chi connectivity index (χ2n) is 3.36. The zero-order chi connectivity index (χ0) is 28.1. The normalized spacial score (nSPS) is 19.8. The summed E-state index contributed by atoms with van der Waals surface area (Å²) in [6.07, 6.45) is 0. The van der Waals surface area contributed by atoms with Crippen LogP contribution >= 0.6 is 8.60 Å². The average Bonchev–Trinajstić information content (AvgIpc) is 2.88. The van der Waals surface area contributed by atoms with Gasteiger partial charge < -0.3 is 13.6 Å². The maximum Gasteiger partial charge on any atom is 0.530 e. The molecule has 0 N–H and O–H groups in total. The first-order valence-electron chi connectivity index (χ1n) is 13.2. The third-order valence-electron chi connectivity index (χ3n) is 1.93. The third-order valence-corrected chi connectivity index (χ3v) is 2.92. The monoisotopic (exact) mass is 325 g/mol. The topological polar surface area (TPSA) is 27.7 Å². The summed E-state index contributed by atoms with van der Waals surface area (Å²) in [5.74, 6) is -2.43. The fraction of sp³-hybridized carbons (Fsp3) is 0. The van der Waals surface area contributed by atoms with E-state index in [0.717, 1.165) is 0 Å². The van der Waals surface area contributed by atoms with Crippen LogP contribution in [-0.2, 0) is 0 Å². The molecule has 3 aromatic carbocycles. The predicted octanol–water partition coefficient (Wildman–Crippen LogP) is 5.45. The highest BCUT2D eigenvalue weighted by molar-refractivity contribution is 7.43. The van der Waals surface area contributed by atoms with E-state index >= 15 is 0 Å². The van der Waals surface area contributed by atoms with Crippen LogP contribution in [0.4, 0.5) is 0 Å². The van der Waals surface area contributed by atoms with Gasteiger partial charge in [0.1, 0.15) is 17.2 Å². The fourth-order valence-electron chi connectivity index (χ4n) is 1.13. The highest BCUT2D eigenvalue weighted by atomic mass is 31.2. The summed E-state index contributed by atoms with van der Waals surface area (Å²) in [5, 5.41) is 0. The van der Waals surface area contributed by atoms with Crippen molar-refractivity contribution in [3.8, 4) is 17.2 Å². The van der Waals surface area contributed by atoms with E-state index in [2.05, 4.69) is 0 Å². The smallest absolute Gasteiger partial charge is 0.409 e. The maximum absolute atomic E-state index is 8.03. The van der Waals surface area contributed by atoms with Gasteiger partial charge in [-0.15, -0.1) is 0 Å². The van der Waals surface area contributed by atoms with Gasteiger partial charge in [0, 0.05) is 0 Å². The van der Waals surface area contributed by atoms with Crippen LogP contribution in [0.5, 0.6) is 17.2 Å². The summed E-state index contributed by atoms with van der Waals surface area (Å²) in [6, 6.07) is -12.0. The fourth-order valence-corrected chi connectivity index (χ4v) is 1.96. The molecule has 0 aromatic heterocycles. The molecule has 0 fully saturated rings. The second kappa shape index (κ2) is 7.48. The van der Waals surface area contributed by atoms with Gasteiger partial charge in [-0.2, -0.15) is 0 Å². The van der Waals surface area contributed by atoms with Crippen molar-refractivity contribution in [2.75, 3.05) is 0 Å². The molecule has 0 saturated carbocycles. The summed E-state index contributed by atoms with van der Waals surface area (Å²) in [5.41, 5.74) is 0. The van der Waals surface area contributed by atoms with Crippen LogP contribution in [0.1, 0.15) is 20.6 Å². The lowest BCUT2D eigenvalue weighted by atomic mass is 10.3. The Bertz CT molecular complexity index is 1170. The molecule has 0 bridgehead atoms. The molecule has 110 valence electrons. The Morgan fingerprint density at radius 1 is 0.500 bits per heavy atom. The van der Waals surface area contributed by atoms with Crippen molar-refractivity contribution in [1.29, 1.82) is 0 Å². The molecule has 3 aromatic rings. The first kappa shape index (κ1) is 5.00. The molecule has 3 nitrogen and oxygen atoms in total. The van der Waals surface area contributed by atoms with Crippen molar-refractivity contribution in [3.63, 3.8) is 0 Å². The van der Waals surface area contributed by atoms with Gasteiger partial charge in [-0.3, -0.25) is 0 Å². The Kier molecular flexibility index (Phi) is 1.70. The number of para-hydroxylation sites is 3. The van der Waals surface area contributed by atoms with E-state index < -0.39 is 116 Å². The van der Waals surface area contributed by atoms with Crippen LogP contribution in [0.15, 0.2) is 90.6 Å². The van der Waals surface area contributed by atoms with E-state index in [9.17, 15) is 0 Å². The van der Waals surface area contributed by atoms with Crippen molar-refractivity contribution in [2.24, 2.45) is 0 Å². The van der Waals surface area contributed by atoms with E-state index in [1.54, 1.807) is 0 Å². The summed E-state index contributed by atoms with van der Waals surface area (Å²) < 4.78 is 134. The molecule has 0 unspecified atom stereocenters. The lowest BCUT2D eigenvalue weighted by Gasteiger charge is -2.17. The minimum Gasteiger partial charge on any atom is -0.409 e. The first-order valence-corrected chi connectivity index (χ1v) is 6.76. The van der Waals surface area contributed by atoms with E-state index in [4.69, 9.17) is 34.1 Å². The number of hydrogen-bond acceptors (Lipinski definition) is 3. The Morgan fingerprint density at radius 3 is 1.05 bits per heavy atom. The van der Waals surface area contributed by atoms with Gasteiger partial charge in [0.2, 0.25) is 0 Å². The molecule has 0 spiro atoms. The lowest BCUT2D eigenvalue weighted by molar-refractivity contribution is 0.388. The van der Waals surface area contributed by atoms with Crippen molar-refractivity contribution in [3.05, 3.63) is 90.6 Å². The van der Waals surface area contributed by atoms with E-state index in [-0.39, 0.29) is 0 Å². The SMILES string of the molecule is [2H]c1c([2H])c([2H])c(OP(Oc2c([2H])c([2H])c([2H])c([2H])c2[2H])Oc2c([2H])c([2H])c([2H])c([2H])c2[2H])c([2H])c1[2H]. The minimum atomic E-state index is -3.19. The zero-order valence-electron chi connectivity index (χ0n) is 25.7. The van der Waals surface area contributed by atoms with Crippen molar-refractivity contribution < 1.29 is 34.1 Å². The van der Waals surface area contributed by atoms with Crippen LogP contribution in [0.25, 0.3) is 0 Å². The largest absolute Gasteiger partial charge is 0.530 e. The standard InChI is InChI=1S/C18H15O3P/c1-4-10-16(11-5-1)19-22(20-17-12-6-2-7-13-17)21-18-14-8-3-9-15-18/h1-15H/i1D,2D,3D,4D,5D,6D,7D,8D,9D,10D,11D,12D,13D,14D,15D. The molecule has 22 heavy (non-hydrogen) atoms. The molecule has 0 amide bonds. The molecule has 0 aliphatic carbocycles. The van der Waals surface area contributed by atoms with E-state index in [0.29, 0.717) is 0 Å². The van der Waals surface area contributed by atoms with Gasteiger partial charge in [-0.05, 0) is 36.3 Å². The highest BCUT2D eigenvalue weighted by Gasteiger charge is 2.19. The number of rotatable bonds is 6. The molecule has 0 aliphatic rings. The van der Waals surface area contributed by atoms with Gasteiger partial charge in [-0.1, -0.05) is 54.4 Å². The molecule has 4 heteroatoms. The highest BCUT2D eigenvalue weighted by Crippen LogP contribution is 2.41. The minimum absolute atomic E-state index is 0.746. The van der Waals surface area contributed by atoms with E-state index in [1.165, 1.54) is 0 Å². The molecule has 0 atom stereocenters. The average molecular weight is 325 g/mol. The van der Waals surface area contributed by atoms with Gasteiger partial charge in [0.15, 0.2) is 0 Å². The van der Waals surface area contributed by atoms with Crippen LogP contribution in [0.3, 0.4) is 0 Å². The number of hydrogen-bond donors (Lipinski definition) is 0. The Hall–Kier alpha value is -2.51. The van der Waals surface area contributed by atoms with Gasteiger partial charge in [-0.25, -0.2) is 0 Å². The second-order valence-corrected chi connectivity index (χ2v) is 4.35.